The summed E-state index contributed by atoms with van der Waals surface area (Å²) >= 11 is 7.96. The molecule has 1 aliphatic heterocycles. The fourth-order valence-electron chi connectivity index (χ4n) is 4.09. The van der Waals surface area contributed by atoms with Crippen LogP contribution in [0.4, 0.5) is 5.69 Å². The normalized spacial score (nSPS) is 17.8. The van der Waals surface area contributed by atoms with Crippen LogP contribution in [-0.4, -0.2) is 37.0 Å². The van der Waals surface area contributed by atoms with Gasteiger partial charge in [0.15, 0.2) is 0 Å². The fourth-order valence-corrected chi connectivity index (χ4v) is 5.38. The molecule has 1 amide bonds. The molecule has 3 nitrogen and oxygen atoms in total. The predicted octanol–water partition coefficient (Wildman–Crippen LogP) is 4.94. The van der Waals surface area contributed by atoms with Gasteiger partial charge in [-0.2, -0.15) is 0 Å². The van der Waals surface area contributed by atoms with Crippen molar-refractivity contribution in [2.24, 2.45) is 0 Å². The number of benzene rings is 1. The van der Waals surface area contributed by atoms with E-state index in [0.29, 0.717) is 0 Å². The molecule has 0 saturated carbocycles. The Balaban J connectivity index is 1.46. The van der Waals surface area contributed by atoms with Gasteiger partial charge in [-0.1, -0.05) is 24.1 Å². The van der Waals surface area contributed by atoms with E-state index in [1.54, 1.807) is 11.3 Å². The van der Waals surface area contributed by atoms with Crippen molar-refractivity contribution in [2.75, 3.05) is 31.1 Å². The van der Waals surface area contributed by atoms with Crippen molar-refractivity contribution in [3.8, 4) is 0 Å². The van der Waals surface area contributed by atoms with Crippen molar-refractivity contribution in [3.63, 3.8) is 0 Å². The number of amides is 1. The lowest BCUT2D eigenvalue weighted by molar-refractivity contribution is 0.0746. The predicted molar refractivity (Wildman–Crippen MR) is 110 cm³/mol. The topological polar surface area (TPSA) is 23.6 Å². The number of anilines is 1. The van der Waals surface area contributed by atoms with E-state index < -0.39 is 0 Å². The number of piperazine rings is 1. The molecule has 1 saturated heterocycles. The van der Waals surface area contributed by atoms with Gasteiger partial charge in [-0.25, -0.2) is 0 Å². The third-order valence-corrected chi connectivity index (χ3v) is 6.94. The van der Waals surface area contributed by atoms with Crippen LogP contribution < -0.4 is 4.90 Å². The average Bonchev–Trinajstić information content (AvgIpc) is 2.91. The van der Waals surface area contributed by atoms with E-state index in [1.165, 1.54) is 41.0 Å². The third-order valence-electron chi connectivity index (χ3n) is 5.62. The SMILES string of the molecule is Cc1ccc(Cl)cc1N1CCN(C(=O)c2csc3c2CCCCC3)CC1. The Morgan fingerprint density at radius 3 is 2.65 bits per heavy atom. The number of fused-ring (bicyclic) bond motifs is 1. The Bertz CT molecular complexity index is 808. The van der Waals surface area contributed by atoms with Gasteiger partial charge in [0, 0.05) is 47.1 Å². The van der Waals surface area contributed by atoms with E-state index in [0.717, 1.165) is 49.6 Å². The molecule has 0 N–H and O–H groups in total. The van der Waals surface area contributed by atoms with Gasteiger partial charge < -0.3 is 9.80 Å². The maximum absolute atomic E-state index is 13.1. The highest BCUT2D eigenvalue weighted by molar-refractivity contribution is 7.10. The zero-order chi connectivity index (χ0) is 18.1. The molecule has 0 unspecified atom stereocenters. The minimum Gasteiger partial charge on any atom is -0.368 e. The van der Waals surface area contributed by atoms with Crippen molar-refractivity contribution in [1.29, 1.82) is 0 Å². The van der Waals surface area contributed by atoms with E-state index in [2.05, 4.69) is 23.3 Å². The van der Waals surface area contributed by atoms with E-state index in [-0.39, 0.29) is 5.91 Å². The Labute approximate surface area is 164 Å². The quantitative estimate of drug-likeness (QED) is 0.680. The van der Waals surface area contributed by atoms with Crippen LogP contribution in [-0.2, 0) is 12.8 Å². The van der Waals surface area contributed by atoms with Crippen LogP contribution in [0.15, 0.2) is 23.6 Å². The first kappa shape index (κ1) is 17.9. The summed E-state index contributed by atoms with van der Waals surface area (Å²) in [5, 5.41) is 2.87. The highest BCUT2D eigenvalue weighted by Crippen LogP contribution is 2.31. The molecule has 138 valence electrons. The maximum Gasteiger partial charge on any atom is 0.255 e. The van der Waals surface area contributed by atoms with Crippen LogP contribution in [0.1, 0.15) is 45.6 Å². The molecule has 0 atom stereocenters. The van der Waals surface area contributed by atoms with Crippen LogP contribution in [0.2, 0.25) is 5.02 Å². The Hall–Kier alpha value is -1.52. The fraction of sp³-hybridized carbons (Fsp3) is 0.476. The van der Waals surface area contributed by atoms with Crippen molar-refractivity contribution < 1.29 is 4.79 Å². The molecule has 0 spiro atoms. The summed E-state index contributed by atoms with van der Waals surface area (Å²) in [6, 6.07) is 6.03. The number of halogens is 1. The molecule has 0 bridgehead atoms. The molecule has 2 aliphatic rings. The molecule has 1 aromatic carbocycles. The summed E-state index contributed by atoms with van der Waals surface area (Å²) in [6.07, 6.45) is 5.98. The van der Waals surface area contributed by atoms with Crippen molar-refractivity contribution in [3.05, 3.63) is 50.2 Å². The van der Waals surface area contributed by atoms with Crippen LogP contribution in [0.25, 0.3) is 0 Å². The highest BCUT2D eigenvalue weighted by Gasteiger charge is 2.26. The van der Waals surface area contributed by atoms with Crippen LogP contribution in [0.3, 0.4) is 0 Å². The van der Waals surface area contributed by atoms with Crippen LogP contribution in [0.5, 0.6) is 0 Å². The monoisotopic (exact) mass is 388 g/mol. The first-order valence-electron chi connectivity index (χ1n) is 9.53. The summed E-state index contributed by atoms with van der Waals surface area (Å²) in [7, 11) is 0. The van der Waals surface area contributed by atoms with Gasteiger partial charge in [0.2, 0.25) is 0 Å². The zero-order valence-electron chi connectivity index (χ0n) is 15.3. The Kier molecular flexibility index (Phi) is 5.23. The van der Waals surface area contributed by atoms with Gasteiger partial charge in [0.25, 0.3) is 5.91 Å². The molecule has 4 rings (SSSR count). The van der Waals surface area contributed by atoms with Gasteiger partial charge in [-0.15, -0.1) is 11.3 Å². The van der Waals surface area contributed by atoms with Crippen LogP contribution >= 0.6 is 22.9 Å². The van der Waals surface area contributed by atoms with Gasteiger partial charge in [0.05, 0.1) is 5.56 Å². The smallest absolute Gasteiger partial charge is 0.255 e. The summed E-state index contributed by atoms with van der Waals surface area (Å²) < 4.78 is 0. The van der Waals surface area contributed by atoms with Crippen molar-refractivity contribution >= 4 is 34.5 Å². The lowest BCUT2D eigenvalue weighted by Crippen LogP contribution is -2.49. The summed E-state index contributed by atoms with van der Waals surface area (Å²) in [6.45, 7) is 5.38. The summed E-state index contributed by atoms with van der Waals surface area (Å²) in [5.74, 6) is 0.229. The first-order valence-corrected chi connectivity index (χ1v) is 10.8. The van der Waals surface area contributed by atoms with Gasteiger partial charge >= 0.3 is 0 Å². The first-order chi connectivity index (χ1) is 12.6. The van der Waals surface area contributed by atoms with E-state index >= 15 is 0 Å². The lowest BCUT2D eigenvalue weighted by atomic mass is 10.0. The van der Waals surface area contributed by atoms with Crippen LogP contribution in [0, 0.1) is 6.92 Å². The molecule has 5 heteroatoms. The number of hydrogen-bond acceptors (Lipinski definition) is 3. The van der Waals surface area contributed by atoms with Crippen molar-refractivity contribution in [2.45, 2.75) is 39.0 Å². The second-order valence-electron chi connectivity index (χ2n) is 7.32. The Morgan fingerprint density at radius 1 is 1.08 bits per heavy atom. The van der Waals surface area contributed by atoms with Gasteiger partial charge in [0.1, 0.15) is 0 Å². The molecular formula is C21H25ClN2OS. The number of thiophene rings is 1. The number of hydrogen-bond donors (Lipinski definition) is 0. The standard InChI is InChI=1S/C21H25ClN2OS/c1-15-7-8-16(22)13-19(15)23-9-11-24(12-10-23)21(25)18-14-26-20-6-4-2-3-5-17(18)20/h7-8,13-14H,2-6,9-12H2,1H3. The minimum absolute atomic E-state index is 0.229. The highest BCUT2D eigenvalue weighted by atomic mass is 35.5. The molecular weight excluding hydrogens is 364 g/mol. The molecule has 26 heavy (non-hydrogen) atoms. The second kappa shape index (κ2) is 7.61. The third kappa shape index (κ3) is 3.49. The maximum atomic E-state index is 13.1. The summed E-state index contributed by atoms with van der Waals surface area (Å²) in [5.41, 5.74) is 4.73. The molecule has 1 fully saturated rings. The number of nitrogens with zero attached hydrogens (tertiary/aromatic N) is 2. The van der Waals surface area contributed by atoms with E-state index in [4.69, 9.17) is 11.6 Å². The Morgan fingerprint density at radius 2 is 1.85 bits per heavy atom. The van der Waals surface area contributed by atoms with E-state index in [9.17, 15) is 4.79 Å². The molecule has 1 aliphatic carbocycles. The lowest BCUT2D eigenvalue weighted by Gasteiger charge is -2.37. The largest absolute Gasteiger partial charge is 0.368 e. The number of rotatable bonds is 2. The minimum atomic E-state index is 0.229. The number of carbonyl (C=O) groups is 1. The summed E-state index contributed by atoms with van der Waals surface area (Å²) in [4.78, 5) is 18.9. The number of carbonyl (C=O) groups excluding carboxylic acids is 1. The zero-order valence-corrected chi connectivity index (χ0v) is 16.8. The van der Waals surface area contributed by atoms with Gasteiger partial charge in [-0.3, -0.25) is 4.79 Å². The van der Waals surface area contributed by atoms with Crippen molar-refractivity contribution in [1.82, 2.24) is 4.90 Å². The number of aryl methyl sites for hydroxylation is 2. The van der Waals surface area contributed by atoms with E-state index in [1.807, 2.05) is 17.0 Å². The van der Waals surface area contributed by atoms with Gasteiger partial charge in [-0.05, 0) is 55.9 Å². The second-order valence-corrected chi connectivity index (χ2v) is 8.72. The molecule has 2 aromatic rings. The molecule has 2 heterocycles. The average molecular weight is 389 g/mol. The molecule has 0 radical (unpaired) electrons. The molecule has 1 aromatic heterocycles.